The van der Waals surface area contributed by atoms with Gasteiger partial charge in [0.25, 0.3) is 0 Å². The number of nitrogens with one attached hydrogen (secondary N) is 1. The molecule has 0 aliphatic heterocycles. The van der Waals surface area contributed by atoms with Gasteiger partial charge in [0.1, 0.15) is 0 Å². The van der Waals surface area contributed by atoms with Gasteiger partial charge < -0.3 is 5.32 Å². The van der Waals surface area contributed by atoms with Gasteiger partial charge in [-0.05, 0) is 104 Å². The Balaban J connectivity index is 0.00000133. The van der Waals surface area contributed by atoms with Crippen molar-refractivity contribution >= 4 is 17.0 Å². The number of nitrogens with zero attached hydrogens (tertiary/aromatic N) is 1. The van der Waals surface area contributed by atoms with Crippen molar-refractivity contribution in [2.24, 2.45) is 5.41 Å². The van der Waals surface area contributed by atoms with E-state index in [0.717, 1.165) is 19.4 Å². The predicted molar refractivity (Wildman–Crippen MR) is 149 cm³/mol. The third-order valence-corrected chi connectivity index (χ3v) is 9.60. The number of benzene rings is 2. The highest BCUT2D eigenvalue weighted by atomic mass is 32.1. The Bertz CT molecular complexity index is 1070. The molecule has 0 amide bonds. The summed E-state index contributed by atoms with van der Waals surface area (Å²) >= 11 is 1.81. The van der Waals surface area contributed by atoms with E-state index in [2.05, 4.69) is 73.5 Å². The number of hydrogen-bond donors (Lipinski definition) is 1. The lowest BCUT2D eigenvalue weighted by Gasteiger charge is -2.54. The van der Waals surface area contributed by atoms with Crippen molar-refractivity contribution in [3.8, 4) is 10.4 Å². The maximum Gasteiger partial charge on any atom is 0.0928 e. The van der Waals surface area contributed by atoms with Crippen LogP contribution in [0, 0.1) is 12.3 Å². The Hall–Kier alpha value is -2.13. The number of hydrogen-bond acceptors (Lipinski definition) is 3. The second-order valence-electron chi connectivity index (χ2n) is 10.2. The van der Waals surface area contributed by atoms with Gasteiger partial charge in [-0.3, -0.25) is 0 Å². The minimum Gasteiger partial charge on any atom is -0.384 e. The summed E-state index contributed by atoms with van der Waals surface area (Å²) in [6.45, 7) is 11.8. The fraction of sp³-hybridized carbons (Fsp3) is 0.516. The maximum atomic E-state index is 4.53. The van der Waals surface area contributed by atoms with Gasteiger partial charge in [0.05, 0.1) is 9.88 Å². The van der Waals surface area contributed by atoms with Crippen LogP contribution in [-0.2, 0) is 18.3 Å². The quantitative estimate of drug-likeness (QED) is 0.369. The summed E-state index contributed by atoms with van der Waals surface area (Å²) in [4.78, 5) is 5.81. The standard InChI is InChI=1S/C29H36N2S.C2H6/c1-4-22-9-10-24(17-21(22)3)29-14-11-28(12-15-29,13-16-29)20-31-25-8-6-7-23(18-25)26-19-30-27(5-2)32-26;1-2/h6-10,17-19,31H,4-5,11-16,20H2,1-3H3;1-2H3. The summed E-state index contributed by atoms with van der Waals surface area (Å²) < 4.78 is 0. The van der Waals surface area contributed by atoms with E-state index >= 15 is 0 Å². The second-order valence-corrected chi connectivity index (χ2v) is 11.3. The second kappa shape index (κ2) is 10.6. The first-order valence-electron chi connectivity index (χ1n) is 13.4. The fourth-order valence-electron chi connectivity index (χ4n) is 6.06. The first kappa shape index (κ1) is 25.0. The lowest BCUT2D eigenvalue weighted by Crippen LogP contribution is -2.47. The zero-order chi connectivity index (χ0) is 24.2. The molecule has 3 aromatic rings. The number of fused-ring (bicyclic) bond motifs is 3. The molecule has 0 unspecified atom stereocenters. The van der Waals surface area contributed by atoms with E-state index in [1.165, 1.54) is 70.8 Å². The molecule has 0 spiro atoms. The normalized spacial score (nSPS) is 23.3. The van der Waals surface area contributed by atoms with E-state index in [-0.39, 0.29) is 0 Å². The summed E-state index contributed by atoms with van der Waals surface area (Å²) in [5.41, 5.74) is 8.02. The van der Waals surface area contributed by atoms with Gasteiger partial charge in [0.15, 0.2) is 0 Å². The summed E-state index contributed by atoms with van der Waals surface area (Å²) in [5.74, 6) is 0. The Labute approximate surface area is 211 Å². The largest absolute Gasteiger partial charge is 0.384 e. The topological polar surface area (TPSA) is 24.9 Å². The highest BCUT2D eigenvalue weighted by Gasteiger charge is 2.49. The summed E-state index contributed by atoms with van der Waals surface area (Å²) in [5, 5.41) is 5.04. The summed E-state index contributed by atoms with van der Waals surface area (Å²) in [6, 6.07) is 16.2. The molecule has 2 nitrogen and oxygen atoms in total. The van der Waals surface area contributed by atoms with Crippen LogP contribution < -0.4 is 5.32 Å². The average Bonchev–Trinajstić information content (AvgIpc) is 3.40. The van der Waals surface area contributed by atoms with Crippen molar-refractivity contribution in [3.05, 3.63) is 70.4 Å². The van der Waals surface area contributed by atoms with Crippen molar-refractivity contribution in [2.45, 2.75) is 91.4 Å². The van der Waals surface area contributed by atoms with Gasteiger partial charge in [-0.15, -0.1) is 11.3 Å². The molecule has 2 aromatic carbocycles. The van der Waals surface area contributed by atoms with Crippen LogP contribution in [0.25, 0.3) is 10.4 Å². The molecule has 6 rings (SSSR count). The van der Waals surface area contributed by atoms with Crippen LogP contribution in [0.15, 0.2) is 48.7 Å². The average molecular weight is 475 g/mol. The van der Waals surface area contributed by atoms with Crippen molar-refractivity contribution in [1.82, 2.24) is 4.98 Å². The third-order valence-electron chi connectivity index (χ3n) is 8.41. The van der Waals surface area contributed by atoms with Crippen molar-refractivity contribution in [3.63, 3.8) is 0 Å². The van der Waals surface area contributed by atoms with Crippen molar-refractivity contribution in [2.75, 3.05) is 11.9 Å². The third kappa shape index (κ3) is 4.96. The van der Waals surface area contributed by atoms with Crippen LogP contribution in [0.5, 0.6) is 0 Å². The summed E-state index contributed by atoms with van der Waals surface area (Å²) in [7, 11) is 0. The lowest BCUT2D eigenvalue weighted by atomic mass is 9.52. The molecule has 2 bridgehead atoms. The van der Waals surface area contributed by atoms with E-state index in [1.807, 2.05) is 31.4 Å². The molecular formula is C31H42N2S. The zero-order valence-corrected chi connectivity index (χ0v) is 22.7. The molecule has 182 valence electrons. The molecule has 1 heterocycles. The molecule has 3 heteroatoms. The Morgan fingerprint density at radius 3 is 2.26 bits per heavy atom. The number of anilines is 1. The molecular weight excluding hydrogens is 432 g/mol. The lowest BCUT2D eigenvalue weighted by molar-refractivity contribution is 0.0506. The smallest absolute Gasteiger partial charge is 0.0928 e. The van der Waals surface area contributed by atoms with Crippen LogP contribution in [0.2, 0.25) is 0 Å². The van der Waals surface area contributed by atoms with E-state index < -0.39 is 0 Å². The van der Waals surface area contributed by atoms with E-state index in [4.69, 9.17) is 0 Å². The van der Waals surface area contributed by atoms with Crippen molar-refractivity contribution in [1.29, 1.82) is 0 Å². The number of aryl methyl sites for hydroxylation is 3. The minimum absolute atomic E-state index is 0.432. The van der Waals surface area contributed by atoms with Crippen LogP contribution >= 0.6 is 11.3 Å². The van der Waals surface area contributed by atoms with Gasteiger partial charge in [-0.2, -0.15) is 0 Å². The molecule has 3 saturated carbocycles. The van der Waals surface area contributed by atoms with E-state index in [1.54, 1.807) is 5.56 Å². The molecule has 0 atom stereocenters. The molecule has 3 aliphatic carbocycles. The predicted octanol–water partition coefficient (Wildman–Crippen LogP) is 8.97. The molecule has 0 saturated heterocycles. The highest BCUT2D eigenvalue weighted by molar-refractivity contribution is 7.15. The zero-order valence-electron chi connectivity index (χ0n) is 21.8. The Kier molecular flexibility index (Phi) is 7.82. The van der Waals surface area contributed by atoms with Gasteiger partial charge in [-0.25, -0.2) is 4.98 Å². The highest BCUT2D eigenvalue weighted by Crippen LogP contribution is 2.57. The fourth-order valence-corrected chi connectivity index (χ4v) is 6.92. The van der Waals surface area contributed by atoms with E-state index in [9.17, 15) is 0 Å². The van der Waals surface area contributed by atoms with Crippen LogP contribution in [0.4, 0.5) is 5.69 Å². The van der Waals surface area contributed by atoms with Crippen LogP contribution in [-0.4, -0.2) is 11.5 Å². The summed E-state index contributed by atoms with van der Waals surface area (Å²) in [6.07, 6.45) is 12.3. The molecule has 3 fully saturated rings. The van der Waals surface area contributed by atoms with Crippen molar-refractivity contribution < 1.29 is 0 Å². The Morgan fingerprint density at radius 1 is 0.912 bits per heavy atom. The molecule has 3 aliphatic rings. The molecule has 34 heavy (non-hydrogen) atoms. The molecule has 1 N–H and O–H groups in total. The maximum absolute atomic E-state index is 4.53. The molecule has 0 radical (unpaired) electrons. The minimum atomic E-state index is 0.432. The van der Waals surface area contributed by atoms with E-state index in [0.29, 0.717) is 10.8 Å². The first-order chi connectivity index (χ1) is 16.5. The van der Waals surface area contributed by atoms with Crippen LogP contribution in [0.3, 0.4) is 0 Å². The number of thiazole rings is 1. The molecule has 1 aromatic heterocycles. The van der Waals surface area contributed by atoms with Gasteiger partial charge >= 0.3 is 0 Å². The SMILES string of the molecule is CC.CCc1ncc(-c2cccc(NCC34CCC(c5ccc(CC)c(C)c5)(CC3)CC4)c2)s1. The monoisotopic (exact) mass is 474 g/mol. The number of rotatable bonds is 7. The van der Waals surface area contributed by atoms with Crippen LogP contribution in [0.1, 0.15) is 87.9 Å². The first-order valence-corrected chi connectivity index (χ1v) is 14.3. The number of aromatic nitrogens is 1. The Morgan fingerprint density at radius 2 is 1.65 bits per heavy atom. The van der Waals surface area contributed by atoms with Gasteiger partial charge in [0.2, 0.25) is 0 Å². The van der Waals surface area contributed by atoms with Gasteiger partial charge in [-0.1, -0.05) is 58.0 Å². The van der Waals surface area contributed by atoms with Gasteiger partial charge in [0, 0.05) is 18.4 Å².